The molecule has 22 heavy (non-hydrogen) atoms. The molecule has 0 unspecified atom stereocenters. The van der Waals surface area contributed by atoms with Gasteiger partial charge >= 0.3 is 6.09 Å². The number of ether oxygens (including phenoxy) is 3. The second-order valence-corrected chi connectivity index (χ2v) is 4.83. The summed E-state index contributed by atoms with van der Waals surface area (Å²) < 4.78 is 15.6. The summed E-state index contributed by atoms with van der Waals surface area (Å²) in [5, 5.41) is 2.65. The highest BCUT2D eigenvalue weighted by Gasteiger charge is 2.11. The van der Waals surface area contributed by atoms with Crippen molar-refractivity contribution in [3.8, 4) is 17.2 Å². The fourth-order valence-corrected chi connectivity index (χ4v) is 1.93. The van der Waals surface area contributed by atoms with Gasteiger partial charge in [-0.25, -0.2) is 4.79 Å². The van der Waals surface area contributed by atoms with Gasteiger partial charge in [-0.3, -0.25) is 5.32 Å². The van der Waals surface area contributed by atoms with Crippen LogP contribution in [-0.2, 0) is 0 Å². The highest BCUT2D eigenvalue weighted by molar-refractivity contribution is 5.88. The Bertz CT molecular complexity index is 682. The molecule has 5 nitrogen and oxygen atoms in total. The summed E-state index contributed by atoms with van der Waals surface area (Å²) in [5.41, 5.74) is 2.68. The average molecular weight is 301 g/mol. The number of rotatable bonds is 4. The fourth-order valence-electron chi connectivity index (χ4n) is 1.93. The third kappa shape index (κ3) is 3.69. The third-order valence-corrected chi connectivity index (χ3v) is 3.33. The second-order valence-electron chi connectivity index (χ2n) is 4.83. The summed E-state index contributed by atoms with van der Waals surface area (Å²) in [6.07, 6.45) is -0.588. The third-order valence-electron chi connectivity index (χ3n) is 3.33. The number of hydrogen-bond donors (Lipinski definition) is 1. The highest BCUT2D eigenvalue weighted by atomic mass is 16.6. The molecule has 0 aliphatic heterocycles. The van der Waals surface area contributed by atoms with E-state index in [-0.39, 0.29) is 0 Å². The Kier molecular flexibility index (Phi) is 4.88. The smallest absolute Gasteiger partial charge is 0.417 e. The molecule has 5 heteroatoms. The van der Waals surface area contributed by atoms with Crippen LogP contribution in [0.3, 0.4) is 0 Å². The lowest BCUT2D eigenvalue weighted by molar-refractivity contribution is 0.215. The minimum Gasteiger partial charge on any atom is -0.497 e. The zero-order chi connectivity index (χ0) is 16.1. The Hall–Kier alpha value is -2.69. The summed E-state index contributed by atoms with van der Waals surface area (Å²) in [4.78, 5) is 12.0. The molecule has 2 aromatic carbocycles. The summed E-state index contributed by atoms with van der Waals surface area (Å²) in [7, 11) is 3.08. The van der Waals surface area contributed by atoms with Crippen molar-refractivity contribution in [2.75, 3.05) is 19.5 Å². The monoisotopic (exact) mass is 301 g/mol. The Labute approximate surface area is 129 Å². The molecule has 0 heterocycles. The number of carbonyl (C=O) groups is 1. The first kappa shape index (κ1) is 15.7. The quantitative estimate of drug-likeness (QED) is 0.929. The van der Waals surface area contributed by atoms with Crippen LogP contribution in [-0.4, -0.2) is 20.3 Å². The zero-order valence-electron chi connectivity index (χ0n) is 13.1. The van der Waals surface area contributed by atoms with Gasteiger partial charge < -0.3 is 14.2 Å². The van der Waals surface area contributed by atoms with Crippen molar-refractivity contribution in [3.05, 3.63) is 47.5 Å². The van der Waals surface area contributed by atoms with Crippen molar-refractivity contribution in [3.63, 3.8) is 0 Å². The Morgan fingerprint density at radius 2 is 1.64 bits per heavy atom. The van der Waals surface area contributed by atoms with Gasteiger partial charge in [0.25, 0.3) is 0 Å². The molecular formula is C17H19NO4. The number of aryl methyl sites for hydroxylation is 2. The normalized spacial score (nSPS) is 10.0. The van der Waals surface area contributed by atoms with Gasteiger partial charge in [-0.1, -0.05) is 6.07 Å². The molecule has 0 saturated heterocycles. The van der Waals surface area contributed by atoms with Gasteiger partial charge in [-0.05, 0) is 49.2 Å². The van der Waals surface area contributed by atoms with E-state index in [2.05, 4.69) is 5.32 Å². The summed E-state index contributed by atoms with van der Waals surface area (Å²) >= 11 is 0. The Morgan fingerprint density at radius 3 is 2.27 bits per heavy atom. The van der Waals surface area contributed by atoms with E-state index in [4.69, 9.17) is 14.2 Å². The van der Waals surface area contributed by atoms with E-state index in [1.165, 1.54) is 7.11 Å². The van der Waals surface area contributed by atoms with Crippen LogP contribution in [0.15, 0.2) is 36.4 Å². The van der Waals surface area contributed by atoms with Gasteiger partial charge in [0, 0.05) is 6.07 Å². The van der Waals surface area contributed by atoms with Gasteiger partial charge in [0.05, 0.1) is 19.9 Å². The zero-order valence-corrected chi connectivity index (χ0v) is 13.1. The lowest BCUT2D eigenvalue weighted by Crippen LogP contribution is -2.17. The van der Waals surface area contributed by atoms with E-state index >= 15 is 0 Å². The molecule has 0 radical (unpaired) electrons. The first-order valence-corrected chi connectivity index (χ1v) is 6.81. The minimum atomic E-state index is -0.588. The van der Waals surface area contributed by atoms with Gasteiger partial charge in [0.2, 0.25) is 0 Å². The lowest BCUT2D eigenvalue weighted by atomic mass is 10.1. The Balaban J connectivity index is 2.12. The van der Waals surface area contributed by atoms with Crippen molar-refractivity contribution in [1.29, 1.82) is 0 Å². The molecule has 0 aliphatic carbocycles. The van der Waals surface area contributed by atoms with Gasteiger partial charge in [0.1, 0.15) is 17.2 Å². The maximum atomic E-state index is 12.0. The molecular weight excluding hydrogens is 282 g/mol. The predicted octanol–water partition coefficient (Wildman–Crippen LogP) is 3.93. The largest absolute Gasteiger partial charge is 0.497 e. The van der Waals surface area contributed by atoms with Crippen LogP contribution in [0, 0.1) is 13.8 Å². The maximum Gasteiger partial charge on any atom is 0.417 e. The Morgan fingerprint density at radius 1 is 0.909 bits per heavy atom. The molecule has 0 atom stereocenters. The number of amides is 1. The van der Waals surface area contributed by atoms with E-state index in [0.29, 0.717) is 22.9 Å². The molecule has 0 spiro atoms. The van der Waals surface area contributed by atoms with Crippen LogP contribution in [0.5, 0.6) is 17.2 Å². The number of anilines is 1. The first-order chi connectivity index (χ1) is 10.5. The van der Waals surface area contributed by atoms with Crippen molar-refractivity contribution >= 4 is 11.8 Å². The molecule has 0 bridgehead atoms. The molecule has 0 saturated carbocycles. The topological polar surface area (TPSA) is 56.8 Å². The van der Waals surface area contributed by atoms with Crippen LogP contribution in [0.1, 0.15) is 11.1 Å². The fraction of sp³-hybridized carbons (Fsp3) is 0.235. The van der Waals surface area contributed by atoms with Crippen LogP contribution in [0.4, 0.5) is 10.5 Å². The molecule has 116 valence electrons. The van der Waals surface area contributed by atoms with Gasteiger partial charge in [-0.2, -0.15) is 0 Å². The minimum absolute atomic E-state index is 0.482. The number of carbonyl (C=O) groups excluding carboxylic acids is 1. The van der Waals surface area contributed by atoms with Crippen molar-refractivity contribution in [1.82, 2.24) is 0 Å². The van der Waals surface area contributed by atoms with Gasteiger partial charge in [0.15, 0.2) is 0 Å². The first-order valence-electron chi connectivity index (χ1n) is 6.81. The number of benzene rings is 2. The molecule has 2 aromatic rings. The van der Waals surface area contributed by atoms with E-state index in [9.17, 15) is 4.79 Å². The predicted molar refractivity (Wildman–Crippen MR) is 85.1 cm³/mol. The van der Waals surface area contributed by atoms with Crippen molar-refractivity contribution in [2.45, 2.75) is 13.8 Å². The molecule has 0 fully saturated rings. The number of hydrogen-bond acceptors (Lipinski definition) is 4. The SMILES string of the molecule is COc1ccc(OC)c(NC(=O)Oc2ccc(C)c(C)c2)c1. The standard InChI is InChI=1S/C17H19NO4/c1-11-5-6-14(9-12(11)2)22-17(19)18-15-10-13(20-3)7-8-16(15)21-4/h5-10H,1-4H3,(H,18,19). The number of nitrogens with one attached hydrogen (secondary N) is 1. The van der Waals surface area contributed by atoms with E-state index < -0.39 is 6.09 Å². The molecule has 1 N–H and O–H groups in total. The van der Waals surface area contributed by atoms with Crippen LogP contribution in [0.2, 0.25) is 0 Å². The van der Waals surface area contributed by atoms with Crippen molar-refractivity contribution in [2.24, 2.45) is 0 Å². The summed E-state index contributed by atoms with van der Waals surface area (Å²) in [6.45, 7) is 3.96. The summed E-state index contributed by atoms with van der Waals surface area (Å²) in [6, 6.07) is 10.6. The van der Waals surface area contributed by atoms with Crippen molar-refractivity contribution < 1.29 is 19.0 Å². The average Bonchev–Trinajstić information content (AvgIpc) is 2.50. The molecule has 0 aliphatic rings. The molecule has 0 aromatic heterocycles. The van der Waals surface area contributed by atoms with E-state index in [1.54, 1.807) is 31.4 Å². The lowest BCUT2D eigenvalue weighted by Gasteiger charge is -2.12. The highest BCUT2D eigenvalue weighted by Crippen LogP contribution is 2.29. The maximum absolute atomic E-state index is 12.0. The number of methoxy groups -OCH3 is 2. The van der Waals surface area contributed by atoms with Crippen LogP contribution < -0.4 is 19.5 Å². The van der Waals surface area contributed by atoms with Gasteiger partial charge in [-0.15, -0.1) is 0 Å². The van der Waals surface area contributed by atoms with Crippen LogP contribution >= 0.6 is 0 Å². The second kappa shape index (κ2) is 6.85. The van der Waals surface area contributed by atoms with Crippen LogP contribution in [0.25, 0.3) is 0 Å². The van der Waals surface area contributed by atoms with E-state index in [0.717, 1.165) is 11.1 Å². The molecule has 2 rings (SSSR count). The van der Waals surface area contributed by atoms with E-state index in [1.807, 2.05) is 26.0 Å². The summed E-state index contributed by atoms with van der Waals surface area (Å²) in [5.74, 6) is 1.63. The molecule has 1 amide bonds.